The molecule has 0 unspecified atom stereocenters. The lowest BCUT2D eigenvalue weighted by atomic mass is 10.1. The SMILES string of the molecule is CCn1c(Cc2ccccc2)nnc1S[C@H](C)C(=O)Nc1ccccc1Cl. The Morgan fingerprint density at radius 2 is 1.85 bits per heavy atom. The molecule has 0 saturated heterocycles. The van der Waals surface area contributed by atoms with Crippen molar-refractivity contribution in [1.82, 2.24) is 14.8 Å². The van der Waals surface area contributed by atoms with Crippen molar-refractivity contribution >= 4 is 35.0 Å². The first-order valence-electron chi connectivity index (χ1n) is 8.76. The number of carbonyl (C=O) groups excluding carboxylic acids is 1. The van der Waals surface area contributed by atoms with Crippen LogP contribution in [-0.2, 0) is 17.8 Å². The summed E-state index contributed by atoms with van der Waals surface area (Å²) < 4.78 is 2.05. The first kappa shape index (κ1) is 19.5. The van der Waals surface area contributed by atoms with Gasteiger partial charge in [-0.05, 0) is 31.5 Å². The quantitative estimate of drug-likeness (QED) is 0.586. The molecule has 1 atom stereocenters. The van der Waals surface area contributed by atoms with Gasteiger partial charge in [-0.15, -0.1) is 10.2 Å². The lowest BCUT2D eigenvalue weighted by Gasteiger charge is -2.13. The summed E-state index contributed by atoms with van der Waals surface area (Å²) in [6.45, 7) is 4.65. The second kappa shape index (κ2) is 9.06. The average Bonchev–Trinajstić information content (AvgIpc) is 3.05. The Balaban J connectivity index is 1.69. The summed E-state index contributed by atoms with van der Waals surface area (Å²) in [5.41, 5.74) is 1.79. The van der Waals surface area contributed by atoms with Crippen molar-refractivity contribution in [2.24, 2.45) is 0 Å². The van der Waals surface area contributed by atoms with Crippen LogP contribution in [0.25, 0.3) is 0 Å². The molecule has 0 aliphatic heterocycles. The predicted molar refractivity (Wildman–Crippen MR) is 110 cm³/mol. The minimum Gasteiger partial charge on any atom is -0.324 e. The fourth-order valence-corrected chi connectivity index (χ4v) is 3.76. The van der Waals surface area contributed by atoms with Gasteiger partial charge in [-0.25, -0.2) is 0 Å². The van der Waals surface area contributed by atoms with Crippen molar-refractivity contribution in [3.05, 3.63) is 71.0 Å². The van der Waals surface area contributed by atoms with Gasteiger partial charge in [0.1, 0.15) is 5.82 Å². The minimum atomic E-state index is -0.333. The van der Waals surface area contributed by atoms with Crippen molar-refractivity contribution < 1.29 is 4.79 Å². The molecule has 7 heteroatoms. The molecule has 0 fully saturated rings. The summed E-state index contributed by atoms with van der Waals surface area (Å²) in [4.78, 5) is 12.5. The van der Waals surface area contributed by atoms with E-state index in [4.69, 9.17) is 11.6 Å². The number of anilines is 1. The second-order valence-corrected chi connectivity index (χ2v) is 7.75. The van der Waals surface area contributed by atoms with Crippen molar-refractivity contribution in [2.75, 3.05) is 5.32 Å². The van der Waals surface area contributed by atoms with Crippen LogP contribution in [-0.4, -0.2) is 25.9 Å². The van der Waals surface area contributed by atoms with E-state index >= 15 is 0 Å². The molecule has 0 aliphatic carbocycles. The number of para-hydroxylation sites is 1. The summed E-state index contributed by atoms with van der Waals surface area (Å²) in [5, 5.41) is 12.4. The summed E-state index contributed by atoms with van der Waals surface area (Å²) in [6, 6.07) is 17.4. The molecule has 0 aliphatic rings. The molecular weight excluding hydrogens is 380 g/mol. The van der Waals surface area contributed by atoms with Gasteiger partial charge < -0.3 is 9.88 Å². The maximum atomic E-state index is 12.5. The molecule has 0 saturated carbocycles. The van der Waals surface area contributed by atoms with Crippen molar-refractivity contribution in [3.8, 4) is 0 Å². The first-order valence-corrected chi connectivity index (χ1v) is 10.0. The highest BCUT2D eigenvalue weighted by Crippen LogP contribution is 2.26. The number of hydrogen-bond donors (Lipinski definition) is 1. The zero-order valence-corrected chi connectivity index (χ0v) is 16.8. The van der Waals surface area contributed by atoms with Crippen LogP contribution in [0.5, 0.6) is 0 Å². The lowest BCUT2D eigenvalue weighted by molar-refractivity contribution is -0.115. The van der Waals surface area contributed by atoms with Crippen LogP contribution in [0, 0.1) is 0 Å². The highest BCUT2D eigenvalue weighted by atomic mass is 35.5. The molecule has 1 heterocycles. The van der Waals surface area contributed by atoms with Gasteiger partial charge in [0.25, 0.3) is 0 Å². The number of rotatable bonds is 7. The topological polar surface area (TPSA) is 59.8 Å². The number of aromatic nitrogens is 3. The highest BCUT2D eigenvalue weighted by molar-refractivity contribution is 8.00. The van der Waals surface area contributed by atoms with E-state index in [1.54, 1.807) is 12.1 Å². The zero-order chi connectivity index (χ0) is 19.2. The Bertz CT molecular complexity index is 913. The largest absolute Gasteiger partial charge is 0.324 e. The summed E-state index contributed by atoms with van der Waals surface area (Å²) >= 11 is 7.51. The van der Waals surface area contributed by atoms with E-state index < -0.39 is 0 Å². The first-order chi connectivity index (χ1) is 13.1. The van der Waals surface area contributed by atoms with Crippen molar-refractivity contribution in [2.45, 2.75) is 37.2 Å². The van der Waals surface area contributed by atoms with E-state index in [9.17, 15) is 4.79 Å². The van der Waals surface area contributed by atoms with Crippen LogP contribution in [0.15, 0.2) is 59.8 Å². The standard InChI is InChI=1S/C20H21ClN4OS/c1-3-25-18(13-15-9-5-4-6-10-15)23-24-20(25)27-14(2)19(26)22-17-12-8-7-11-16(17)21/h4-12,14H,3,13H2,1-2H3,(H,22,26)/t14-/m1/s1. The Labute approximate surface area is 168 Å². The summed E-state index contributed by atoms with van der Waals surface area (Å²) in [7, 11) is 0. The number of nitrogens with one attached hydrogen (secondary N) is 1. The minimum absolute atomic E-state index is 0.122. The fraction of sp³-hybridized carbons (Fsp3) is 0.250. The van der Waals surface area contributed by atoms with Gasteiger partial charge >= 0.3 is 0 Å². The molecule has 5 nitrogen and oxygen atoms in total. The number of thioether (sulfide) groups is 1. The highest BCUT2D eigenvalue weighted by Gasteiger charge is 2.20. The van der Waals surface area contributed by atoms with Crippen molar-refractivity contribution in [1.29, 1.82) is 0 Å². The fourth-order valence-electron chi connectivity index (χ4n) is 2.64. The van der Waals surface area contributed by atoms with E-state index in [2.05, 4.69) is 39.1 Å². The van der Waals surface area contributed by atoms with Crippen LogP contribution >= 0.6 is 23.4 Å². The predicted octanol–water partition coefficient (Wildman–Crippen LogP) is 4.66. The number of nitrogens with zero attached hydrogens (tertiary/aromatic N) is 3. The number of carbonyl (C=O) groups is 1. The van der Waals surface area contributed by atoms with Crippen LogP contribution in [0.4, 0.5) is 5.69 Å². The number of benzene rings is 2. The van der Waals surface area contributed by atoms with Gasteiger partial charge in [0.2, 0.25) is 5.91 Å². The van der Waals surface area contributed by atoms with Crippen LogP contribution in [0.1, 0.15) is 25.2 Å². The normalized spacial score (nSPS) is 12.0. The number of halogens is 1. The molecular formula is C20H21ClN4OS. The van der Waals surface area contributed by atoms with E-state index in [1.807, 2.05) is 37.3 Å². The Hall–Kier alpha value is -2.31. The molecule has 3 aromatic rings. The van der Waals surface area contributed by atoms with E-state index in [1.165, 1.54) is 17.3 Å². The molecule has 1 aromatic heterocycles. The third-order valence-corrected chi connectivity index (χ3v) is 5.51. The smallest absolute Gasteiger partial charge is 0.237 e. The molecule has 1 amide bonds. The Morgan fingerprint density at radius 3 is 2.56 bits per heavy atom. The van der Waals surface area contributed by atoms with Crippen LogP contribution in [0.3, 0.4) is 0 Å². The Kier molecular flexibility index (Phi) is 6.53. The average molecular weight is 401 g/mol. The molecule has 1 N–H and O–H groups in total. The van der Waals surface area contributed by atoms with E-state index in [0.717, 1.165) is 17.5 Å². The monoisotopic (exact) mass is 400 g/mol. The van der Waals surface area contributed by atoms with Crippen molar-refractivity contribution in [3.63, 3.8) is 0 Å². The molecule has 0 bridgehead atoms. The Morgan fingerprint density at radius 1 is 1.15 bits per heavy atom. The maximum Gasteiger partial charge on any atom is 0.237 e. The lowest BCUT2D eigenvalue weighted by Crippen LogP contribution is -2.23. The second-order valence-electron chi connectivity index (χ2n) is 6.03. The van der Waals surface area contributed by atoms with E-state index in [-0.39, 0.29) is 11.2 Å². The zero-order valence-electron chi connectivity index (χ0n) is 15.2. The third kappa shape index (κ3) is 4.90. The molecule has 3 rings (SSSR count). The number of hydrogen-bond acceptors (Lipinski definition) is 4. The van der Waals surface area contributed by atoms with Gasteiger partial charge in [0, 0.05) is 13.0 Å². The van der Waals surface area contributed by atoms with Gasteiger partial charge in [0.05, 0.1) is 16.0 Å². The van der Waals surface area contributed by atoms with E-state index in [0.29, 0.717) is 17.1 Å². The number of amides is 1. The summed E-state index contributed by atoms with van der Waals surface area (Å²) in [5.74, 6) is 0.772. The molecule has 27 heavy (non-hydrogen) atoms. The molecule has 140 valence electrons. The van der Waals surface area contributed by atoms with Gasteiger partial charge in [-0.2, -0.15) is 0 Å². The molecule has 0 radical (unpaired) electrons. The van der Waals surface area contributed by atoms with Crippen LogP contribution in [0.2, 0.25) is 5.02 Å². The van der Waals surface area contributed by atoms with Gasteiger partial charge in [-0.1, -0.05) is 65.8 Å². The van der Waals surface area contributed by atoms with Gasteiger partial charge in [-0.3, -0.25) is 4.79 Å². The third-order valence-electron chi connectivity index (χ3n) is 4.10. The maximum absolute atomic E-state index is 12.5. The molecule has 0 spiro atoms. The summed E-state index contributed by atoms with van der Waals surface area (Å²) in [6.07, 6.45) is 0.711. The molecule has 2 aromatic carbocycles. The van der Waals surface area contributed by atoms with Gasteiger partial charge in [0.15, 0.2) is 5.16 Å². The van der Waals surface area contributed by atoms with Crippen LogP contribution < -0.4 is 5.32 Å².